The first-order valence-electron chi connectivity index (χ1n) is 17.0. The molecule has 1 aromatic carbocycles. The minimum Gasteiger partial charge on any atom is -0.381 e. The van der Waals surface area contributed by atoms with E-state index in [1.54, 1.807) is 12.3 Å². The van der Waals surface area contributed by atoms with Gasteiger partial charge in [-0.15, -0.1) is 0 Å². The fourth-order valence-electron chi connectivity index (χ4n) is 7.19. The number of hydrogen-bond acceptors (Lipinski definition) is 10. The average molecular weight is 701 g/mol. The summed E-state index contributed by atoms with van der Waals surface area (Å²) >= 11 is 6.58. The van der Waals surface area contributed by atoms with E-state index in [4.69, 9.17) is 21.3 Å². The van der Waals surface area contributed by atoms with E-state index in [-0.39, 0.29) is 42.8 Å². The van der Waals surface area contributed by atoms with Gasteiger partial charge >= 0.3 is 0 Å². The molecule has 0 saturated carbocycles. The molecular weight excluding hydrogens is 663 g/mol. The molecule has 3 fully saturated rings. The van der Waals surface area contributed by atoms with Gasteiger partial charge in [-0.1, -0.05) is 17.7 Å². The number of carbonyl (C=O) groups excluding carboxylic acids is 3. The zero-order chi connectivity index (χ0) is 34.8. The first-order valence-corrected chi connectivity index (χ1v) is 17.4. The largest absolute Gasteiger partial charge is 0.381 e. The van der Waals surface area contributed by atoms with Gasteiger partial charge in [0.05, 0.1) is 22.2 Å². The molecule has 2 aromatic heterocycles. The summed E-state index contributed by atoms with van der Waals surface area (Å²) < 4.78 is 20.7. The van der Waals surface area contributed by atoms with E-state index in [0.717, 1.165) is 31.5 Å². The van der Waals surface area contributed by atoms with Crippen molar-refractivity contribution in [2.45, 2.75) is 63.7 Å². The number of nitrogens with zero attached hydrogens (tertiary/aromatic N) is 5. The van der Waals surface area contributed by atoms with Crippen molar-refractivity contribution in [2.24, 2.45) is 5.41 Å². The average Bonchev–Trinajstić information content (AvgIpc) is 3.43. The van der Waals surface area contributed by atoms with Crippen LogP contribution >= 0.6 is 11.6 Å². The second-order valence-corrected chi connectivity index (χ2v) is 13.9. The summed E-state index contributed by atoms with van der Waals surface area (Å²) in [5, 5.41) is 19.4. The number of imide groups is 1. The fourth-order valence-corrected chi connectivity index (χ4v) is 7.39. The summed E-state index contributed by atoms with van der Waals surface area (Å²) in [6, 6.07) is 12.5. The molecule has 0 bridgehead atoms. The smallest absolute Gasteiger partial charge is 0.255 e. The molecule has 3 amide bonds. The van der Waals surface area contributed by atoms with Crippen molar-refractivity contribution < 1.29 is 23.5 Å². The lowest BCUT2D eigenvalue weighted by atomic mass is 9.82. The highest BCUT2D eigenvalue weighted by Gasteiger charge is 2.40. The van der Waals surface area contributed by atoms with E-state index in [1.165, 1.54) is 11.0 Å². The molecule has 3 aromatic rings. The van der Waals surface area contributed by atoms with Crippen molar-refractivity contribution in [1.29, 1.82) is 5.26 Å². The van der Waals surface area contributed by atoms with Crippen molar-refractivity contribution in [3.63, 3.8) is 0 Å². The topological polar surface area (TPSA) is 153 Å². The Morgan fingerprint density at radius 1 is 1.08 bits per heavy atom. The number of anilines is 2. The van der Waals surface area contributed by atoms with E-state index < -0.39 is 23.2 Å². The van der Waals surface area contributed by atoms with Crippen LogP contribution in [0.3, 0.4) is 0 Å². The highest BCUT2D eigenvalue weighted by molar-refractivity contribution is 6.33. The second-order valence-electron chi connectivity index (χ2n) is 13.5. The lowest BCUT2D eigenvalue weighted by Crippen LogP contribution is -2.52. The Morgan fingerprint density at radius 2 is 1.88 bits per heavy atom. The van der Waals surface area contributed by atoms with Gasteiger partial charge in [0.2, 0.25) is 11.8 Å². The Kier molecular flexibility index (Phi) is 9.68. The van der Waals surface area contributed by atoms with Gasteiger partial charge in [-0.25, -0.2) is 14.4 Å². The third kappa shape index (κ3) is 7.14. The number of ether oxygens (including phenoxy) is 1. The summed E-state index contributed by atoms with van der Waals surface area (Å²) in [6.45, 7) is 3.74. The summed E-state index contributed by atoms with van der Waals surface area (Å²) in [4.78, 5) is 49.9. The molecule has 1 atom stereocenters. The fraction of sp³-hybridized carbons (Fsp3) is 0.444. The third-order valence-corrected chi connectivity index (χ3v) is 10.5. The van der Waals surface area contributed by atoms with Crippen LogP contribution in [0.2, 0.25) is 5.02 Å². The van der Waals surface area contributed by atoms with Crippen LogP contribution in [0, 0.1) is 22.6 Å². The number of fused-ring (bicyclic) bond motifs is 1. The van der Waals surface area contributed by atoms with Gasteiger partial charge in [0.25, 0.3) is 5.91 Å². The van der Waals surface area contributed by atoms with Gasteiger partial charge in [-0.3, -0.25) is 24.6 Å². The summed E-state index contributed by atoms with van der Waals surface area (Å²) in [5.74, 6) is -0.312. The van der Waals surface area contributed by atoms with Crippen molar-refractivity contribution >= 4 is 41.0 Å². The first kappa shape index (κ1) is 33.8. The Hall–Kier alpha value is -4.64. The van der Waals surface area contributed by atoms with E-state index in [9.17, 15) is 19.6 Å². The highest BCUT2D eigenvalue weighted by atomic mass is 35.5. The molecule has 7 rings (SSSR count). The van der Waals surface area contributed by atoms with Crippen LogP contribution in [-0.2, 0) is 27.4 Å². The molecule has 3 N–H and O–H groups in total. The molecule has 1 unspecified atom stereocenters. The number of amides is 3. The number of rotatable bonds is 9. The van der Waals surface area contributed by atoms with Crippen LogP contribution in [0.5, 0.6) is 0 Å². The number of halogens is 2. The maximum absolute atomic E-state index is 15.3. The molecule has 14 heteroatoms. The zero-order valence-electron chi connectivity index (χ0n) is 27.5. The SMILES string of the molecule is N#CC1(CNc2cccc(-c3cc(NC4CCN(Cc5cc6c(cc5F)C(=O)N(C5CCC(=O)NC5=O)C6)CC4)ncc3Cl)n2)CCOCC1. The van der Waals surface area contributed by atoms with Crippen molar-refractivity contribution in [3.8, 4) is 17.3 Å². The Bertz CT molecular complexity index is 1850. The monoisotopic (exact) mass is 700 g/mol. The number of nitriles is 1. The molecule has 4 aliphatic heterocycles. The highest BCUT2D eigenvalue weighted by Crippen LogP contribution is 2.33. The number of pyridine rings is 2. The zero-order valence-corrected chi connectivity index (χ0v) is 28.3. The second kappa shape index (κ2) is 14.3. The van der Waals surface area contributed by atoms with Gasteiger partial charge < -0.3 is 20.3 Å². The van der Waals surface area contributed by atoms with Crippen LogP contribution in [-0.4, -0.2) is 82.4 Å². The van der Waals surface area contributed by atoms with E-state index >= 15 is 4.39 Å². The summed E-state index contributed by atoms with van der Waals surface area (Å²) in [7, 11) is 0. The van der Waals surface area contributed by atoms with Gasteiger partial charge in [0, 0.05) is 81.3 Å². The van der Waals surface area contributed by atoms with Gasteiger partial charge in [0.15, 0.2) is 0 Å². The Labute approximate surface area is 294 Å². The third-order valence-electron chi connectivity index (χ3n) is 10.2. The summed E-state index contributed by atoms with van der Waals surface area (Å²) in [5.41, 5.74) is 2.43. The normalized spacial score (nSPS) is 21.0. The maximum Gasteiger partial charge on any atom is 0.255 e. The predicted octanol–water partition coefficient (Wildman–Crippen LogP) is 4.51. The van der Waals surface area contributed by atoms with Crippen molar-refractivity contribution in [1.82, 2.24) is 25.1 Å². The molecule has 0 aliphatic carbocycles. The standard InChI is InChI=1S/C36H38ClFN8O4/c37-27-17-40-32(16-26(27)29-2-1-3-31(43-29)41-21-36(20-39)8-12-50-13-9-36)42-24-6-10-45(11-7-24)18-23-14-22-19-46(35(49)25(22)15-28(23)38)30-4-5-33(47)44-34(30)48/h1-3,14-17,24,30H,4-13,18-19,21H2,(H,40,42)(H,41,43)(H,44,47,48). The molecule has 4 aliphatic rings. The van der Waals surface area contributed by atoms with E-state index in [1.807, 2.05) is 24.3 Å². The molecule has 3 saturated heterocycles. The number of piperidine rings is 2. The van der Waals surface area contributed by atoms with Crippen LogP contribution in [0.1, 0.15) is 60.0 Å². The molecule has 0 spiro atoms. The molecule has 12 nitrogen and oxygen atoms in total. The number of aromatic nitrogens is 2. The number of nitrogens with one attached hydrogen (secondary N) is 3. The molecule has 50 heavy (non-hydrogen) atoms. The van der Waals surface area contributed by atoms with E-state index in [0.29, 0.717) is 72.6 Å². The predicted molar refractivity (Wildman–Crippen MR) is 183 cm³/mol. The molecule has 6 heterocycles. The first-order chi connectivity index (χ1) is 24.2. The lowest BCUT2D eigenvalue weighted by Gasteiger charge is -2.32. The van der Waals surface area contributed by atoms with Gasteiger partial charge in [-0.05, 0) is 68.0 Å². The van der Waals surface area contributed by atoms with E-state index in [2.05, 4.69) is 31.9 Å². The molecule has 260 valence electrons. The van der Waals surface area contributed by atoms with Crippen LogP contribution in [0.4, 0.5) is 16.0 Å². The van der Waals surface area contributed by atoms with Crippen molar-refractivity contribution in [3.05, 3.63) is 70.1 Å². The summed E-state index contributed by atoms with van der Waals surface area (Å²) in [6.07, 6.45) is 5.04. The number of likely N-dealkylation sites (tertiary alicyclic amines) is 1. The van der Waals surface area contributed by atoms with Crippen molar-refractivity contribution in [2.75, 3.05) is 43.5 Å². The Balaban J connectivity index is 0.947. The molecule has 0 radical (unpaired) electrons. The van der Waals surface area contributed by atoms with Gasteiger partial charge in [-0.2, -0.15) is 5.26 Å². The lowest BCUT2D eigenvalue weighted by molar-refractivity contribution is -0.136. The Morgan fingerprint density at radius 3 is 2.64 bits per heavy atom. The minimum absolute atomic E-state index is 0.153. The number of hydrogen-bond donors (Lipinski definition) is 3. The van der Waals surface area contributed by atoms with Gasteiger partial charge in [0.1, 0.15) is 23.5 Å². The quantitative estimate of drug-likeness (QED) is 0.272. The number of carbonyl (C=O) groups is 3. The maximum atomic E-state index is 15.3. The minimum atomic E-state index is -0.736. The van der Waals surface area contributed by atoms with Crippen LogP contribution in [0.15, 0.2) is 42.6 Å². The van der Waals surface area contributed by atoms with Crippen LogP contribution in [0.25, 0.3) is 11.3 Å². The number of benzene rings is 1. The van der Waals surface area contributed by atoms with Crippen LogP contribution < -0.4 is 16.0 Å². The molecular formula is C36H38ClFN8O4.